The Labute approximate surface area is 110 Å². The van der Waals surface area contributed by atoms with Crippen molar-refractivity contribution in [2.75, 3.05) is 0 Å². The smallest absolute Gasteiger partial charge is 0.896 e. The summed E-state index contributed by atoms with van der Waals surface area (Å²) in [6.07, 6.45) is 0. The SMILES string of the molecule is [Li+].[Li+].[Li+].[Li+].[O-]B[O-].[O-]B[O-]. The Morgan fingerprint density at radius 1 is 0.500 bits per heavy atom. The second kappa shape index (κ2) is 64.1. The van der Waals surface area contributed by atoms with Gasteiger partial charge in [-0.3, -0.25) is 0 Å². The summed E-state index contributed by atoms with van der Waals surface area (Å²) in [4.78, 5) is 0. The Morgan fingerprint density at radius 2 is 0.500 bits per heavy atom. The van der Waals surface area contributed by atoms with E-state index in [-0.39, 0.29) is 75.4 Å². The molecule has 0 bridgehead atoms. The summed E-state index contributed by atoms with van der Waals surface area (Å²) < 4.78 is 0. The maximum atomic E-state index is 8.38. The Hall–Kier alpha value is 2.36. The largest absolute Gasteiger partial charge is 1.00 e. The Bertz CT molecular complexity index is 17.2. The molecule has 0 fully saturated rings. The van der Waals surface area contributed by atoms with Crippen molar-refractivity contribution >= 4 is 15.4 Å². The van der Waals surface area contributed by atoms with Crippen LogP contribution in [-0.2, 0) is 0 Å². The minimum atomic E-state index is -1.25. The molecular weight excluding hydrogens is 113 g/mol. The average Bonchev–Trinajstić information content (AvgIpc) is 1.39. The minimum Gasteiger partial charge on any atom is -0.896 e. The fourth-order valence-corrected chi connectivity index (χ4v) is 0. The van der Waals surface area contributed by atoms with Gasteiger partial charge in [0.1, 0.15) is 0 Å². The Balaban J connectivity index is -0.00000000571. The zero-order chi connectivity index (χ0) is 5.41. The topological polar surface area (TPSA) is 92.2 Å². The van der Waals surface area contributed by atoms with Gasteiger partial charge in [-0.25, -0.2) is 0 Å². The summed E-state index contributed by atoms with van der Waals surface area (Å²) in [5.74, 6) is 0. The first-order valence-electron chi connectivity index (χ1n) is 1.15. The maximum Gasteiger partial charge on any atom is 1.00 e. The Kier molecular flexibility index (Phi) is 253. The number of hydrogen-bond donors (Lipinski definition) is 0. The van der Waals surface area contributed by atoms with Crippen LogP contribution in [0.3, 0.4) is 0 Å². The van der Waals surface area contributed by atoms with Crippen LogP contribution in [0.4, 0.5) is 0 Å². The van der Waals surface area contributed by atoms with Crippen molar-refractivity contribution in [1.82, 2.24) is 0 Å². The molecule has 0 atom stereocenters. The summed E-state index contributed by atoms with van der Waals surface area (Å²) in [5.41, 5.74) is 0. The summed E-state index contributed by atoms with van der Waals surface area (Å²) in [6.45, 7) is 0. The molecule has 0 heterocycles. The zero-order valence-corrected chi connectivity index (χ0v) is 7.05. The van der Waals surface area contributed by atoms with Crippen molar-refractivity contribution < 1.29 is 95.5 Å². The molecule has 0 aromatic carbocycles. The van der Waals surface area contributed by atoms with Crippen LogP contribution in [0.5, 0.6) is 0 Å². The van der Waals surface area contributed by atoms with Gasteiger partial charge in [0.05, 0.1) is 0 Å². The van der Waals surface area contributed by atoms with Gasteiger partial charge in [0.2, 0.25) is 0 Å². The molecule has 0 spiro atoms. The third-order valence-corrected chi connectivity index (χ3v) is 0. The van der Waals surface area contributed by atoms with Gasteiger partial charge in [0.25, 0.3) is 0 Å². The van der Waals surface area contributed by atoms with Crippen molar-refractivity contribution in [2.24, 2.45) is 0 Å². The molecule has 4 nitrogen and oxygen atoms in total. The van der Waals surface area contributed by atoms with Crippen molar-refractivity contribution in [3.8, 4) is 0 Å². The molecule has 0 aliphatic rings. The molecule has 0 aromatic rings. The van der Waals surface area contributed by atoms with Crippen LogP contribution in [0.15, 0.2) is 0 Å². The predicted octanol–water partition coefficient (Wildman–Crippen LogP) is -18.0. The van der Waals surface area contributed by atoms with E-state index in [4.69, 9.17) is 20.1 Å². The van der Waals surface area contributed by atoms with E-state index in [0.717, 1.165) is 0 Å². The molecule has 0 N–H and O–H groups in total. The third kappa shape index (κ3) is 163. The van der Waals surface area contributed by atoms with Crippen LogP contribution in [0.1, 0.15) is 0 Å². The molecule has 36 valence electrons. The zero-order valence-electron chi connectivity index (χ0n) is 7.05. The quantitative estimate of drug-likeness (QED) is 0.293. The molecule has 0 aromatic heterocycles. The van der Waals surface area contributed by atoms with Crippen LogP contribution in [-0.4, -0.2) is 15.4 Å². The van der Waals surface area contributed by atoms with Gasteiger partial charge >= 0.3 is 75.4 Å². The molecule has 10 heteroatoms. The summed E-state index contributed by atoms with van der Waals surface area (Å²) in [6, 6.07) is 0. The maximum absolute atomic E-state index is 8.38. The normalized spacial score (nSPS) is 2.80. The molecule has 0 aliphatic carbocycles. The first-order chi connectivity index (χ1) is 2.83. The molecule has 0 saturated carbocycles. The van der Waals surface area contributed by atoms with E-state index in [1.807, 2.05) is 0 Å². The standard InChI is InChI=1S/2BHO2.4Li/c2*2-1-3;;;;/h2*1H;;;;/q2*-2;4*+1. The van der Waals surface area contributed by atoms with Crippen molar-refractivity contribution in [2.45, 2.75) is 0 Å². The van der Waals surface area contributed by atoms with Crippen LogP contribution >= 0.6 is 0 Å². The fraction of sp³-hybridized carbons (Fsp3) is 0. The van der Waals surface area contributed by atoms with Gasteiger partial charge in [-0.15, -0.1) is 15.4 Å². The summed E-state index contributed by atoms with van der Waals surface area (Å²) in [7, 11) is -2.50. The Morgan fingerprint density at radius 3 is 0.500 bits per heavy atom. The van der Waals surface area contributed by atoms with E-state index in [2.05, 4.69) is 0 Å². The average molecular weight is 115 g/mol. The van der Waals surface area contributed by atoms with E-state index in [1.165, 1.54) is 0 Å². The molecule has 0 unspecified atom stereocenters. The van der Waals surface area contributed by atoms with Gasteiger partial charge in [-0.1, -0.05) is 0 Å². The molecule has 0 rings (SSSR count). The van der Waals surface area contributed by atoms with E-state index < -0.39 is 15.4 Å². The number of hydrogen-bond acceptors (Lipinski definition) is 4. The minimum absolute atomic E-state index is 0. The first kappa shape index (κ1) is 39.4. The van der Waals surface area contributed by atoms with Crippen LogP contribution in [0.25, 0.3) is 0 Å². The van der Waals surface area contributed by atoms with Crippen LogP contribution < -0.4 is 95.5 Å². The van der Waals surface area contributed by atoms with Crippen molar-refractivity contribution in [3.63, 3.8) is 0 Å². The van der Waals surface area contributed by atoms with Gasteiger partial charge in [0.15, 0.2) is 0 Å². The molecule has 0 saturated heterocycles. The van der Waals surface area contributed by atoms with Crippen LogP contribution in [0.2, 0.25) is 0 Å². The summed E-state index contributed by atoms with van der Waals surface area (Å²) >= 11 is 0. The second-order valence-corrected chi connectivity index (χ2v) is 0.236. The van der Waals surface area contributed by atoms with Gasteiger partial charge in [-0.2, -0.15) is 0 Å². The molecular formula is H2B2Li4O4. The van der Waals surface area contributed by atoms with Gasteiger partial charge < -0.3 is 20.1 Å². The van der Waals surface area contributed by atoms with E-state index in [9.17, 15) is 0 Å². The second-order valence-electron chi connectivity index (χ2n) is 0.236. The van der Waals surface area contributed by atoms with E-state index >= 15 is 0 Å². The molecule has 10 heavy (non-hydrogen) atoms. The van der Waals surface area contributed by atoms with Gasteiger partial charge in [-0.05, 0) is 0 Å². The molecule has 0 amide bonds. The molecule has 0 radical (unpaired) electrons. The first-order valence-corrected chi connectivity index (χ1v) is 1.15. The monoisotopic (exact) mass is 116 g/mol. The number of rotatable bonds is 0. The van der Waals surface area contributed by atoms with E-state index in [1.54, 1.807) is 0 Å². The van der Waals surface area contributed by atoms with E-state index in [0.29, 0.717) is 0 Å². The third-order valence-electron chi connectivity index (χ3n) is 0. The fourth-order valence-electron chi connectivity index (χ4n) is 0. The van der Waals surface area contributed by atoms with Crippen LogP contribution in [0, 0.1) is 0 Å². The van der Waals surface area contributed by atoms with Gasteiger partial charge in [0, 0.05) is 0 Å². The summed E-state index contributed by atoms with van der Waals surface area (Å²) in [5, 5.41) is 33.5. The van der Waals surface area contributed by atoms with Crippen molar-refractivity contribution in [3.05, 3.63) is 0 Å². The molecule has 0 aliphatic heterocycles. The van der Waals surface area contributed by atoms with Crippen molar-refractivity contribution in [1.29, 1.82) is 0 Å². The predicted molar refractivity (Wildman–Crippen MR) is 14.3 cm³/mol.